The smallest absolute Gasteiger partial charge is 0.221 e. The second kappa shape index (κ2) is 6.91. The Balaban J connectivity index is 1.59. The van der Waals surface area contributed by atoms with Crippen molar-refractivity contribution in [3.8, 4) is 16.9 Å². The first-order valence-electron chi connectivity index (χ1n) is 9.30. The van der Waals surface area contributed by atoms with Crippen LogP contribution in [0.3, 0.4) is 0 Å². The molecule has 6 heteroatoms. The molecular weight excluding hydrogens is 362 g/mol. The van der Waals surface area contributed by atoms with Crippen LogP contribution in [0.25, 0.3) is 21.9 Å². The number of nitrogens with one attached hydrogen (secondary N) is 1. The Bertz CT molecular complexity index is 1270. The zero-order valence-corrected chi connectivity index (χ0v) is 15.9. The van der Waals surface area contributed by atoms with Gasteiger partial charge in [-0.05, 0) is 63.9 Å². The molecule has 0 spiro atoms. The lowest BCUT2D eigenvalue weighted by Gasteiger charge is -2.14. The molecule has 5 rings (SSSR count). The maximum atomic E-state index is 5.70. The van der Waals surface area contributed by atoms with Crippen molar-refractivity contribution < 1.29 is 4.74 Å². The minimum atomic E-state index is 0.239. The van der Waals surface area contributed by atoms with E-state index in [2.05, 4.69) is 56.7 Å². The van der Waals surface area contributed by atoms with Crippen LogP contribution in [-0.4, -0.2) is 23.3 Å². The summed E-state index contributed by atoms with van der Waals surface area (Å²) < 4.78 is 5.33. The Morgan fingerprint density at radius 2 is 1.86 bits per heavy atom. The van der Waals surface area contributed by atoms with Gasteiger partial charge in [-0.15, -0.1) is 0 Å². The molecule has 0 radical (unpaired) electrons. The van der Waals surface area contributed by atoms with E-state index in [1.807, 2.05) is 18.3 Å². The molecule has 0 saturated heterocycles. The maximum absolute atomic E-state index is 5.70. The van der Waals surface area contributed by atoms with Gasteiger partial charge in [0, 0.05) is 23.7 Å². The van der Waals surface area contributed by atoms with Crippen LogP contribution in [0.1, 0.15) is 11.1 Å². The molecule has 6 nitrogen and oxygen atoms in total. The lowest BCUT2D eigenvalue weighted by atomic mass is 9.94. The van der Waals surface area contributed by atoms with Crippen LogP contribution in [0.4, 0.5) is 17.5 Å². The Labute approximate surface area is 168 Å². The van der Waals surface area contributed by atoms with Crippen molar-refractivity contribution in [2.45, 2.75) is 6.54 Å². The molecule has 142 valence electrons. The van der Waals surface area contributed by atoms with Gasteiger partial charge < -0.3 is 15.8 Å². The van der Waals surface area contributed by atoms with Crippen molar-refractivity contribution in [2.24, 2.45) is 4.99 Å². The fraction of sp³-hybridized carbons (Fsp3) is 0.0870. The number of rotatable bonds is 4. The van der Waals surface area contributed by atoms with Gasteiger partial charge in [0.05, 0.1) is 13.7 Å². The van der Waals surface area contributed by atoms with Crippen LogP contribution in [0.2, 0.25) is 0 Å². The summed E-state index contributed by atoms with van der Waals surface area (Å²) in [5.41, 5.74) is 11.3. The first-order valence-corrected chi connectivity index (χ1v) is 9.30. The highest BCUT2D eigenvalue weighted by Crippen LogP contribution is 2.35. The normalized spacial score (nSPS) is 12.2. The molecule has 2 heterocycles. The van der Waals surface area contributed by atoms with E-state index < -0.39 is 0 Å². The van der Waals surface area contributed by atoms with Gasteiger partial charge in [-0.3, -0.25) is 4.99 Å². The largest absolute Gasteiger partial charge is 0.497 e. The number of nitrogens with zero attached hydrogens (tertiary/aromatic N) is 3. The maximum Gasteiger partial charge on any atom is 0.221 e. The quantitative estimate of drug-likeness (QED) is 0.541. The number of hydrogen-bond donors (Lipinski definition) is 2. The molecule has 4 aromatic rings. The zero-order valence-electron chi connectivity index (χ0n) is 15.9. The lowest BCUT2D eigenvalue weighted by molar-refractivity contribution is 0.415. The molecular formula is C23H19N5O. The van der Waals surface area contributed by atoms with Gasteiger partial charge in [-0.1, -0.05) is 18.2 Å². The standard InChI is InChI=1S/C23H19N5O/c1-29-19-5-4-14-8-16(3-2-15(14)10-19)20-11-18(9-17-12-25-13-21(17)20)27-22-6-7-26-23(24)28-22/h2-12H,13H2,1H3,(H3,24,26,27,28). The number of fused-ring (bicyclic) bond motifs is 2. The Morgan fingerprint density at radius 1 is 1.00 bits per heavy atom. The van der Waals surface area contributed by atoms with E-state index in [4.69, 9.17) is 10.5 Å². The number of nitrogen functional groups attached to an aromatic ring is 1. The summed E-state index contributed by atoms with van der Waals surface area (Å²) in [4.78, 5) is 12.6. The molecule has 0 atom stereocenters. The van der Waals surface area contributed by atoms with E-state index in [1.54, 1.807) is 19.4 Å². The van der Waals surface area contributed by atoms with Crippen LogP contribution in [0.15, 0.2) is 65.8 Å². The topological polar surface area (TPSA) is 85.4 Å². The molecule has 29 heavy (non-hydrogen) atoms. The van der Waals surface area contributed by atoms with E-state index in [0.717, 1.165) is 38.9 Å². The van der Waals surface area contributed by atoms with Crippen LogP contribution in [0, 0.1) is 0 Å². The van der Waals surface area contributed by atoms with Crippen molar-refractivity contribution in [1.82, 2.24) is 9.97 Å². The van der Waals surface area contributed by atoms with Gasteiger partial charge in [0.15, 0.2) is 0 Å². The Hall–Kier alpha value is -3.93. The number of methoxy groups -OCH3 is 1. The van der Waals surface area contributed by atoms with Gasteiger partial charge in [0.2, 0.25) is 5.95 Å². The molecule has 0 saturated carbocycles. The number of aromatic nitrogens is 2. The lowest BCUT2D eigenvalue weighted by Crippen LogP contribution is -2.00. The van der Waals surface area contributed by atoms with Crippen molar-refractivity contribution in [3.63, 3.8) is 0 Å². The molecule has 0 bridgehead atoms. The molecule has 0 fully saturated rings. The molecule has 1 aliphatic heterocycles. The number of ether oxygens (including phenoxy) is 1. The average Bonchev–Trinajstić information content (AvgIpc) is 3.21. The molecule has 3 aromatic carbocycles. The van der Waals surface area contributed by atoms with Crippen molar-refractivity contribution >= 4 is 34.4 Å². The summed E-state index contributed by atoms with van der Waals surface area (Å²) in [7, 11) is 1.68. The Kier molecular flexibility index (Phi) is 4.09. The van der Waals surface area contributed by atoms with E-state index in [9.17, 15) is 0 Å². The second-order valence-corrected chi connectivity index (χ2v) is 6.91. The Morgan fingerprint density at radius 3 is 2.72 bits per heavy atom. The summed E-state index contributed by atoms with van der Waals surface area (Å²) >= 11 is 0. The van der Waals surface area contributed by atoms with Crippen LogP contribution in [-0.2, 0) is 6.54 Å². The SMILES string of the molecule is COc1ccc2cc(-c3cc(Nc4ccnc(N)n4)cc4c3CN=C4)ccc2c1. The highest BCUT2D eigenvalue weighted by molar-refractivity contribution is 5.94. The third kappa shape index (κ3) is 3.25. The molecule has 1 aromatic heterocycles. The van der Waals surface area contributed by atoms with Gasteiger partial charge >= 0.3 is 0 Å². The van der Waals surface area contributed by atoms with Crippen molar-refractivity contribution in [3.05, 3.63) is 71.9 Å². The first kappa shape index (κ1) is 17.2. The van der Waals surface area contributed by atoms with Crippen molar-refractivity contribution in [2.75, 3.05) is 18.2 Å². The third-order valence-corrected chi connectivity index (χ3v) is 5.07. The number of nitrogens with two attached hydrogens (primary N) is 1. The van der Waals surface area contributed by atoms with E-state index in [-0.39, 0.29) is 5.95 Å². The van der Waals surface area contributed by atoms with Crippen molar-refractivity contribution in [1.29, 1.82) is 0 Å². The second-order valence-electron chi connectivity index (χ2n) is 6.91. The van der Waals surface area contributed by atoms with Crippen LogP contribution in [0.5, 0.6) is 5.75 Å². The highest BCUT2D eigenvalue weighted by atomic mass is 16.5. The van der Waals surface area contributed by atoms with E-state index in [0.29, 0.717) is 12.4 Å². The minimum absolute atomic E-state index is 0.239. The zero-order chi connectivity index (χ0) is 19.8. The number of aliphatic imine (C=N–C) groups is 1. The van der Waals surface area contributed by atoms with Gasteiger partial charge in [0.1, 0.15) is 11.6 Å². The van der Waals surface area contributed by atoms with Gasteiger partial charge in [-0.25, -0.2) is 4.98 Å². The summed E-state index contributed by atoms with van der Waals surface area (Å²) in [5, 5.41) is 5.64. The first-order chi connectivity index (χ1) is 14.2. The predicted molar refractivity (Wildman–Crippen MR) is 117 cm³/mol. The third-order valence-electron chi connectivity index (χ3n) is 5.07. The molecule has 1 aliphatic rings. The average molecular weight is 381 g/mol. The molecule has 0 amide bonds. The number of hydrogen-bond acceptors (Lipinski definition) is 6. The summed E-state index contributed by atoms with van der Waals surface area (Å²) in [5.74, 6) is 1.75. The fourth-order valence-corrected chi connectivity index (χ4v) is 3.66. The van der Waals surface area contributed by atoms with Crippen LogP contribution < -0.4 is 15.8 Å². The van der Waals surface area contributed by atoms with E-state index in [1.165, 1.54) is 5.56 Å². The predicted octanol–water partition coefficient (Wildman–Crippen LogP) is 4.56. The number of benzene rings is 3. The van der Waals surface area contributed by atoms with Crippen LogP contribution >= 0.6 is 0 Å². The summed E-state index contributed by atoms with van der Waals surface area (Å²) in [6, 6.07) is 18.6. The monoisotopic (exact) mass is 381 g/mol. The van der Waals surface area contributed by atoms with Gasteiger partial charge in [-0.2, -0.15) is 4.98 Å². The number of anilines is 3. The summed E-state index contributed by atoms with van der Waals surface area (Å²) in [6.07, 6.45) is 3.56. The summed E-state index contributed by atoms with van der Waals surface area (Å²) in [6.45, 7) is 0.687. The molecule has 0 unspecified atom stereocenters. The fourth-order valence-electron chi connectivity index (χ4n) is 3.66. The highest BCUT2D eigenvalue weighted by Gasteiger charge is 2.15. The molecule has 3 N–H and O–H groups in total. The van der Waals surface area contributed by atoms with Gasteiger partial charge in [0.25, 0.3) is 0 Å². The van der Waals surface area contributed by atoms with E-state index >= 15 is 0 Å². The minimum Gasteiger partial charge on any atom is -0.497 e. The molecule has 0 aliphatic carbocycles.